The Morgan fingerprint density at radius 1 is 1.24 bits per heavy atom. The Labute approximate surface area is 174 Å². The van der Waals surface area contributed by atoms with Crippen LogP contribution in [0.2, 0.25) is 5.02 Å². The van der Waals surface area contributed by atoms with E-state index in [1.54, 1.807) is 30.0 Å². The van der Waals surface area contributed by atoms with Crippen molar-refractivity contribution in [3.8, 4) is 0 Å². The first-order valence-corrected chi connectivity index (χ1v) is 10.1. The van der Waals surface area contributed by atoms with Crippen LogP contribution in [0.25, 0.3) is 0 Å². The number of carbonyl (C=O) groups is 3. The predicted molar refractivity (Wildman–Crippen MR) is 111 cm³/mol. The van der Waals surface area contributed by atoms with Crippen LogP contribution in [0.1, 0.15) is 65.3 Å². The highest BCUT2D eigenvalue weighted by Crippen LogP contribution is 2.38. The second kappa shape index (κ2) is 7.02. The highest BCUT2D eigenvalue weighted by Gasteiger charge is 2.37. The smallest absolute Gasteiger partial charge is 0.291 e. The van der Waals surface area contributed by atoms with Crippen LogP contribution in [0, 0.1) is 12.3 Å². The van der Waals surface area contributed by atoms with Crippen molar-refractivity contribution in [2.45, 2.75) is 46.5 Å². The molecule has 1 aromatic carbocycles. The number of hydrogen-bond donors (Lipinski definition) is 1. The van der Waals surface area contributed by atoms with E-state index in [1.807, 2.05) is 13.8 Å². The molecule has 29 heavy (non-hydrogen) atoms. The van der Waals surface area contributed by atoms with Crippen LogP contribution >= 0.6 is 11.6 Å². The van der Waals surface area contributed by atoms with Crippen molar-refractivity contribution >= 4 is 40.6 Å². The van der Waals surface area contributed by atoms with Crippen LogP contribution < -0.4 is 10.2 Å². The normalized spacial score (nSPS) is 18.1. The van der Waals surface area contributed by atoms with Gasteiger partial charge in [-0.1, -0.05) is 25.4 Å². The Bertz CT molecular complexity index is 1040. The van der Waals surface area contributed by atoms with E-state index in [-0.39, 0.29) is 22.9 Å². The molecule has 4 rings (SSSR count). The second-order valence-electron chi connectivity index (χ2n) is 8.56. The van der Waals surface area contributed by atoms with E-state index < -0.39 is 5.91 Å². The molecular weight excluding hydrogens is 392 g/mol. The molecule has 152 valence electrons. The second-order valence-corrected chi connectivity index (χ2v) is 8.97. The van der Waals surface area contributed by atoms with Gasteiger partial charge in [0.25, 0.3) is 5.91 Å². The third kappa shape index (κ3) is 3.57. The van der Waals surface area contributed by atoms with Gasteiger partial charge >= 0.3 is 0 Å². The molecule has 1 aromatic heterocycles. The lowest BCUT2D eigenvalue weighted by Gasteiger charge is -2.27. The number of furan rings is 1. The van der Waals surface area contributed by atoms with Crippen LogP contribution in [0.15, 0.2) is 22.6 Å². The summed E-state index contributed by atoms with van der Waals surface area (Å²) in [7, 11) is 0. The first-order valence-electron chi connectivity index (χ1n) is 9.73. The Balaban J connectivity index is 1.57. The zero-order valence-electron chi connectivity index (χ0n) is 16.7. The molecule has 1 aliphatic heterocycles. The number of nitrogens with zero attached hydrogens (tertiary/aromatic N) is 1. The number of ketones is 1. The van der Waals surface area contributed by atoms with Crippen molar-refractivity contribution < 1.29 is 18.8 Å². The van der Waals surface area contributed by atoms with E-state index >= 15 is 0 Å². The number of rotatable bonds is 3. The van der Waals surface area contributed by atoms with E-state index in [0.29, 0.717) is 59.1 Å². The number of fused-ring (bicyclic) bond motifs is 1. The van der Waals surface area contributed by atoms with Gasteiger partial charge in [-0.2, -0.15) is 0 Å². The van der Waals surface area contributed by atoms with E-state index in [4.69, 9.17) is 16.0 Å². The average Bonchev–Trinajstić information content (AvgIpc) is 3.17. The van der Waals surface area contributed by atoms with Gasteiger partial charge in [-0.25, -0.2) is 0 Å². The number of Topliss-reactive ketones (excluding diaryl/α,β-unsaturated/α-hetero) is 1. The van der Waals surface area contributed by atoms with Gasteiger partial charge in [-0.05, 0) is 37.0 Å². The van der Waals surface area contributed by atoms with Gasteiger partial charge in [-0.15, -0.1) is 0 Å². The zero-order chi connectivity index (χ0) is 20.9. The number of hydrogen-bond acceptors (Lipinski definition) is 4. The van der Waals surface area contributed by atoms with Crippen molar-refractivity contribution in [2.24, 2.45) is 5.41 Å². The van der Waals surface area contributed by atoms with Gasteiger partial charge in [0, 0.05) is 37.1 Å². The number of nitrogens with one attached hydrogen (secondary N) is 1. The maximum absolute atomic E-state index is 12.8. The van der Waals surface area contributed by atoms with E-state index in [1.165, 1.54) is 0 Å². The lowest BCUT2D eigenvalue weighted by molar-refractivity contribution is -0.117. The zero-order valence-corrected chi connectivity index (χ0v) is 17.5. The molecule has 2 amide bonds. The van der Waals surface area contributed by atoms with Gasteiger partial charge in [-0.3, -0.25) is 14.4 Å². The lowest BCUT2D eigenvalue weighted by Crippen LogP contribution is -2.26. The summed E-state index contributed by atoms with van der Waals surface area (Å²) in [6.07, 6.45) is 2.39. The summed E-state index contributed by atoms with van der Waals surface area (Å²) >= 11 is 6.36. The topological polar surface area (TPSA) is 79.6 Å². The molecule has 1 N–H and O–H groups in total. The van der Waals surface area contributed by atoms with Gasteiger partial charge in [0.2, 0.25) is 5.91 Å². The van der Waals surface area contributed by atoms with Gasteiger partial charge in [0.05, 0.1) is 16.3 Å². The van der Waals surface area contributed by atoms with Crippen LogP contribution in [-0.4, -0.2) is 24.1 Å². The molecule has 0 bridgehead atoms. The lowest BCUT2D eigenvalue weighted by atomic mass is 9.76. The van der Waals surface area contributed by atoms with Crippen molar-refractivity contribution in [3.63, 3.8) is 0 Å². The molecule has 6 nitrogen and oxygen atoms in total. The first-order chi connectivity index (χ1) is 13.7. The van der Waals surface area contributed by atoms with E-state index in [0.717, 1.165) is 6.42 Å². The maximum Gasteiger partial charge on any atom is 0.291 e. The maximum atomic E-state index is 12.8. The number of carbonyl (C=O) groups excluding carboxylic acids is 3. The molecule has 1 saturated heterocycles. The molecule has 2 aliphatic rings. The minimum atomic E-state index is -0.427. The van der Waals surface area contributed by atoms with Crippen LogP contribution in [0.4, 0.5) is 11.4 Å². The predicted octanol–water partition coefficient (Wildman–Crippen LogP) is 4.78. The third-order valence-electron chi connectivity index (χ3n) is 5.55. The monoisotopic (exact) mass is 414 g/mol. The number of amides is 2. The molecule has 1 aliphatic carbocycles. The summed E-state index contributed by atoms with van der Waals surface area (Å²) in [5.74, 6) is 0.363. The Morgan fingerprint density at radius 2 is 2.00 bits per heavy atom. The van der Waals surface area contributed by atoms with Gasteiger partial charge in [0.15, 0.2) is 11.5 Å². The summed E-state index contributed by atoms with van der Waals surface area (Å²) in [4.78, 5) is 38.9. The third-order valence-corrected chi connectivity index (χ3v) is 5.86. The SMILES string of the molecule is Cc1c(C(=O)Nc2ccc(N3CCCC3=O)c(Cl)c2)oc2c1C(=O)CC(C)(C)C2. The molecule has 1 fully saturated rings. The van der Waals surface area contributed by atoms with Crippen molar-refractivity contribution in [3.05, 3.63) is 45.9 Å². The molecule has 0 spiro atoms. The molecule has 0 atom stereocenters. The molecular formula is C22H23ClN2O4. The minimum Gasteiger partial charge on any atom is -0.455 e. The standard InChI is InChI=1S/C22H23ClN2O4/c1-12-19-16(26)10-22(2,3)11-17(19)29-20(12)21(28)24-13-6-7-15(14(23)9-13)25-8-4-5-18(25)27/h6-7,9H,4-5,8,10-11H2,1-3H3,(H,24,28). The first kappa shape index (κ1) is 19.7. The fourth-order valence-electron chi connectivity index (χ4n) is 4.19. The summed E-state index contributed by atoms with van der Waals surface area (Å²) in [5, 5.41) is 3.18. The fraction of sp³-hybridized carbons (Fsp3) is 0.409. The van der Waals surface area contributed by atoms with Crippen LogP contribution in [0.5, 0.6) is 0 Å². The molecule has 0 unspecified atom stereocenters. The molecule has 2 heterocycles. The molecule has 2 aromatic rings. The van der Waals surface area contributed by atoms with E-state index in [2.05, 4.69) is 5.32 Å². The highest BCUT2D eigenvalue weighted by molar-refractivity contribution is 6.34. The molecule has 0 radical (unpaired) electrons. The fourth-order valence-corrected chi connectivity index (χ4v) is 4.48. The molecule has 0 saturated carbocycles. The Morgan fingerprint density at radius 3 is 2.66 bits per heavy atom. The molecule has 7 heteroatoms. The largest absolute Gasteiger partial charge is 0.455 e. The summed E-state index contributed by atoms with van der Waals surface area (Å²) in [6, 6.07) is 5.05. The highest BCUT2D eigenvalue weighted by atomic mass is 35.5. The van der Waals surface area contributed by atoms with Gasteiger partial charge < -0.3 is 14.6 Å². The van der Waals surface area contributed by atoms with E-state index in [9.17, 15) is 14.4 Å². The van der Waals surface area contributed by atoms with Crippen LogP contribution in [0.3, 0.4) is 0 Å². The summed E-state index contributed by atoms with van der Waals surface area (Å²) < 4.78 is 5.81. The minimum absolute atomic E-state index is 0.0132. The van der Waals surface area contributed by atoms with Crippen LogP contribution in [-0.2, 0) is 11.2 Å². The van der Waals surface area contributed by atoms with Gasteiger partial charge in [0.1, 0.15) is 5.76 Å². The Kier molecular flexibility index (Phi) is 4.77. The number of halogens is 1. The van der Waals surface area contributed by atoms with Crippen molar-refractivity contribution in [1.82, 2.24) is 0 Å². The number of benzene rings is 1. The summed E-state index contributed by atoms with van der Waals surface area (Å²) in [5.41, 5.74) is 2.07. The van der Waals surface area contributed by atoms with Crippen molar-refractivity contribution in [2.75, 3.05) is 16.8 Å². The average molecular weight is 415 g/mol. The summed E-state index contributed by atoms with van der Waals surface area (Å²) in [6.45, 7) is 6.41. The Hall–Kier alpha value is -2.60. The van der Waals surface area contributed by atoms with Crippen molar-refractivity contribution in [1.29, 1.82) is 0 Å². The number of anilines is 2. The quantitative estimate of drug-likeness (QED) is 0.784.